The number of carbonyl (C=O) groups is 1. The topological polar surface area (TPSA) is 98.7 Å². The van der Waals surface area contributed by atoms with Crippen molar-refractivity contribution in [1.29, 1.82) is 0 Å². The van der Waals surface area contributed by atoms with Gasteiger partial charge in [-0.3, -0.25) is 14.2 Å². The summed E-state index contributed by atoms with van der Waals surface area (Å²) < 4.78 is 15.7. The van der Waals surface area contributed by atoms with Gasteiger partial charge in [0.2, 0.25) is 0 Å². The molecule has 224 valence electrons. The number of fused-ring (bicyclic) bond motifs is 2. The van der Waals surface area contributed by atoms with Crippen molar-refractivity contribution in [2.75, 3.05) is 11.9 Å². The Morgan fingerprint density at radius 3 is 2.60 bits per heavy atom. The fourth-order valence-corrected chi connectivity index (χ4v) is 8.17. The van der Waals surface area contributed by atoms with Gasteiger partial charge in [0.05, 0.1) is 38.7 Å². The highest BCUT2D eigenvalue weighted by molar-refractivity contribution is 8.01. The second-order valence-corrected chi connectivity index (χ2v) is 13.4. The quantitative estimate of drug-likeness (QED) is 0.199. The summed E-state index contributed by atoms with van der Waals surface area (Å²) in [7, 11) is 0. The van der Waals surface area contributed by atoms with Crippen LogP contribution in [0.1, 0.15) is 31.2 Å². The summed E-state index contributed by atoms with van der Waals surface area (Å²) >= 11 is 4.27. The molecule has 0 unspecified atom stereocenters. The Hall–Kier alpha value is -4.71. The summed E-state index contributed by atoms with van der Waals surface area (Å²) in [4.78, 5) is 37.6. The lowest BCUT2D eigenvalue weighted by Crippen LogP contribution is -2.40. The molecule has 1 N–H and O–H groups in total. The van der Waals surface area contributed by atoms with E-state index in [1.54, 1.807) is 22.0 Å². The van der Waals surface area contributed by atoms with E-state index in [4.69, 9.17) is 19.1 Å². The molecule has 0 saturated carbocycles. The van der Waals surface area contributed by atoms with Crippen molar-refractivity contribution in [3.63, 3.8) is 0 Å². The van der Waals surface area contributed by atoms with Crippen molar-refractivity contribution in [2.24, 2.45) is 4.99 Å². The first-order valence-corrected chi connectivity index (χ1v) is 16.7. The van der Waals surface area contributed by atoms with Gasteiger partial charge in [-0.05, 0) is 73.6 Å². The van der Waals surface area contributed by atoms with Crippen LogP contribution < -0.4 is 24.9 Å². The Morgan fingerprint density at radius 1 is 1.04 bits per heavy atom. The van der Waals surface area contributed by atoms with Crippen molar-refractivity contribution in [1.82, 2.24) is 9.55 Å². The zero-order chi connectivity index (χ0) is 30.9. The number of hydrogen-bond donors (Lipinski definition) is 1. The number of benzene rings is 3. The standard InChI is InChI=1S/C34H26N4O4S3/c1-3-41-23-14-16-25-26(18-23)44-34(37-25)45-28-17-15-24(42-28)19-27-32(40)38-30(21-10-6-4-7-11-21)29(20(2)35-33(38)43-27)31(39)36-22-12-8-5-9-13-22/h4-19,30H,3H2,1-2H3,(H,36,39)/b27-19-/t30-/m0/s1. The van der Waals surface area contributed by atoms with Gasteiger partial charge in [0, 0.05) is 11.8 Å². The molecule has 7 rings (SSSR count). The van der Waals surface area contributed by atoms with Crippen LogP contribution in [-0.2, 0) is 4.79 Å². The zero-order valence-corrected chi connectivity index (χ0v) is 26.7. The molecule has 0 fully saturated rings. The number of carbonyl (C=O) groups excluding carboxylic acids is 1. The minimum atomic E-state index is -0.640. The first-order valence-electron chi connectivity index (χ1n) is 14.2. The molecule has 1 amide bonds. The maximum Gasteiger partial charge on any atom is 0.271 e. The Balaban J connectivity index is 1.21. The van der Waals surface area contributed by atoms with Crippen molar-refractivity contribution in [3.05, 3.63) is 133 Å². The van der Waals surface area contributed by atoms with Gasteiger partial charge in [-0.15, -0.1) is 11.3 Å². The van der Waals surface area contributed by atoms with Crippen LogP contribution in [0.4, 0.5) is 5.69 Å². The van der Waals surface area contributed by atoms with E-state index in [9.17, 15) is 9.59 Å². The molecule has 3 aromatic heterocycles. The maximum absolute atomic E-state index is 14.0. The largest absolute Gasteiger partial charge is 0.494 e. The van der Waals surface area contributed by atoms with Crippen molar-refractivity contribution in [3.8, 4) is 5.75 Å². The van der Waals surface area contributed by atoms with Gasteiger partial charge in [-0.1, -0.05) is 59.9 Å². The van der Waals surface area contributed by atoms with Gasteiger partial charge >= 0.3 is 0 Å². The molecule has 0 saturated heterocycles. The molecule has 0 bridgehead atoms. The van der Waals surface area contributed by atoms with Crippen LogP contribution >= 0.6 is 34.4 Å². The Labute approximate surface area is 270 Å². The van der Waals surface area contributed by atoms with Crippen LogP contribution in [-0.4, -0.2) is 22.1 Å². The second-order valence-electron chi connectivity index (χ2n) is 10.1. The summed E-state index contributed by atoms with van der Waals surface area (Å²) in [5, 5.41) is 3.64. The highest BCUT2D eigenvalue weighted by atomic mass is 32.2. The third-order valence-electron chi connectivity index (χ3n) is 7.13. The average molecular weight is 651 g/mol. The maximum atomic E-state index is 14.0. The summed E-state index contributed by atoms with van der Waals surface area (Å²) in [6.07, 6.45) is 1.73. The molecule has 1 aliphatic rings. The monoisotopic (exact) mass is 650 g/mol. The molecule has 3 aromatic carbocycles. The summed E-state index contributed by atoms with van der Waals surface area (Å²) in [5.74, 6) is 1.05. The molecule has 45 heavy (non-hydrogen) atoms. The van der Waals surface area contributed by atoms with Crippen LogP contribution in [0.3, 0.4) is 0 Å². The highest BCUT2D eigenvalue weighted by Gasteiger charge is 2.32. The van der Waals surface area contributed by atoms with E-state index in [1.165, 1.54) is 23.1 Å². The minimum Gasteiger partial charge on any atom is -0.494 e. The SMILES string of the molecule is CCOc1ccc2nc(Sc3ccc(/C=c4\sc5n(c4=O)[C@@H](c4ccccc4)C(C(=O)Nc4ccccc4)=C(C)N=5)o3)sc2c1. The number of para-hydroxylation sites is 1. The Bertz CT molecular complexity index is 2250. The third-order valence-corrected chi connectivity index (χ3v) is 10.1. The van der Waals surface area contributed by atoms with E-state index in [0.717, 1.165) is 25.9 Å². The molecule has 6 aromatic rings. The first-order chi connectivity index (χ1) is 22.0. The van der Waals surface area contributed by atoms with E-state index in [0.29, 0.717) is 43.8 Å². The molecule has 8 nitrogen and oxygen atoms in total. The molecule has 11 heteroatoms. The Kier molecular flexibility index (Phi) is 7.97. The minimum absolute atomic E-state index is 0.244. The molecule has 1 aliphatic heterocycles. The number of nitrogens with zero attached hydrogens (tertiary/aromatic N) is 3. The van der Waals surface area contributed by atoms with Crippen molar-refractivity contribution in [2.45, 2.75) is 29.3 Å². The molecule has 4 heterocycles. The fraction of sp³-hybridized carbons (Fsp3) is 0.118. The van der Waals surface area contributed by atoms with Crippen LogP contribution in [0.2, 0.25) is 0 Å². The van der Waals surface area contributed by atoms with Crippen molar-refractivity contribution < 1.29 is 13.9 Å². The van der Waals surface area contributed by atoms with Gasteiger partial charge in [0.1, 0.15) is 11.5 Å². The molecule has 0 aliphatic carbocycles. The smallest absolute Gasteiger partial charge is 0.271 e. The fourth-order valence-electron chi connectivity index (χ4n) is 5.15. The van der Waals surface area contributed by atoms with Crippen molar-refractivity contribution >= 4 is 62.3 Å². The molecular formula is C34H26N4O4S3. The van der Waals surface area contributed by atoms with Crippen LogP contribution in [0, 0.1) is 0 Å². The van der Waals surface area contributed by atoms with E-state index >= 15 is 0 Å². The summed E-state index contributed by atoms with van der Waals surface area (Å²) in [6, 6.07) is 27.7. The summed E-state index contributed by atoms with van der Waals surface area (Å²) in [6.45, 7) is 4.37. The van der Waals surface area contributed by atoms with Crippen LogP contribution in [0.5, 0.6) is 5.75 Å². The number of ether oxygens (including phenoxy) is 1. The number of rotatable bonds is 8. The second kappa shape index (κ2) is 12.4. The van der Waals surface area contributed by atoms with Gasteiger partial charge in [-0.25, -0.2) is 9.98 Å². The normalized spacial score (nSPS) is 14.8. The number of hydrogen-bond acceptors (Lipinski definition) is 9. The average Bonchev–Trinajstić information content (AvgIpc) is 3.74. The zero-order valence-electron chi connectivity index (χ0n) is 24.2. The summed E-state index contributed by atoms with van der Waals surface area (Å²) in [5.41, 5.74) is 3.13. The molecular weight excluding hydrogens is 625 g/mol. The number of nitrogens with one attached hydrogen (secondary N) is 1. The third kappa shape index (κ3) is 5.89. The van der Waals surface area contributed by atoms with Gasteiger partial charge in [0.25, 0.3) is 11.5 Å². The van der Waals surface area contributed by atoms with Gasteiger partial charge < -0.3 is 14.5 Å². The highest BCUT2D eigenvalue weighted by Crippen LogP contribution is 2.36. The number of anilines is 1. The molecule has 1 atom stereocenters. The number of amides is 1. The Morgan fingerprint density at radius 2 is 1.82 bits per heavy atom. The van der Waals surface area contributed by atoms with E-state index in [2.05, 4.69) is 5.32 Å². The molecule has 0 spiro atoms. The number of allylic oxidation sites excluding steroid dienone is 1. The van der Waals surface area contributed by atoms with Crippen LogP contribution in [0.25, 0.3) is 16.3 Å². The first kappa shape index (κ1) is 29.0. The van der Waals surface area contributed by atoms with Gasteiger partial charge in [-0.2, -0.15) is 0 Å². The predicted octanol–water partition coefficient (Wildman–Crippen LogP) is 6.63. The lowest BCUT2D eigenvalue weighted by atomic mass is 9.95. The predicted molar refractivity (Wildman–Crippen MR) is 179 cm³/mol. The van der Waals surface area contributed by atoms with E-state index in [1.807, 2.05) is 105 Å². The van der Waals surface area contributed by atoms with Gasteiger partial charge in [0.15, 0.2) is 14.2 Å². The van der Waals surface area contributed by atoms with Crippen LogP contribution in [0.15, 0.2) is 126 Å². The van der Waals surface area contributed by atoms with E-state index in [-0.39, 0.29) is 11.5 Å². The number of aromatic nitrogens is 2. The number of thiazole rings is 2. The molecule has 0 radical (unpaired) electrons. The lowest BCUT2D eigenvalue weighted by Gasteiger charge is -2.25. The van der Waals surface area contributed by atoms with E-state index < -0.39 is 6.04 Å². The lowest BCUT2D eigenvalue weighted by molar-refractivity contribution is -0.113. The number of furan rings is 1.